The van der Waals surface area contributed by atoms with Gasteiger partial charge in [0.25, 0.3) is 5.56 Å². The molecule has 0 saturated carbocycles. The molecule has 3 aromatic carbocycles. The lowest BCUT2D eigenvalue weighted by molar-refractivity contribution is 0.714. The van der Waals surface area contributed by atoms with E-state index in [4.69, 9.17) is 0 Å². The number of aryl methyl sites for hydroxylation is 2. The molecule has 0 aliphatic heterocycles. The Bertz CT molecular complexity index is 1470. The Hall–Kier alpha value is -3.77. The fraction of sp³-hybridized carbons (Fsp3) is 0.172. The first-order valence-corrected chi connectivity index (χ1v) is 12.6. The van der Waals surface area contributed by atoms with Gasteiger partial charge in [0.05, 0.1) is 15.6 Å². The monoisotopic (exact) mass is 481 g/mol. The van der Waals surface area contributed by atoms with Crippen molar-refractivity contribution in [1.82, 2.24) is 13.7 Å². The Labute approximate surface area is 208 Å². The van der Waals surface area contributed by atoms with Crippen molar-refractivity contribution in [3.8, 4) is 0 Å². The maximum Gasteiger partial charge on any atom is 0.330 e. The lowest BCUT2D eigenvalue weighted by Gasteiger charge is -2.35. The highest BCUT2D eigenvalue weighted by atomic mass is 32.2. The van der Waals surface area contributed by atoms with Gasteiger partial charge >= 0.3 is 5.69 Å². The average Bonchev–Trinajstić information content (AvgIpc) is 3.35. The summed E-state index contributed by atoms with van der Waals surface area (Å²) < 4.78 is 4.32. The summed E-state index contributed by atoms with van der Waals surface area (Å²) in [7, 11) is 3.22. The van der Waals surface area contributed by atoms with Crippen LogP contribution in [0.15, 0.2) is 113 Å². The average molecular weight is 482 g/mol. The standard InChI is InChI=1S/C29H27N3O2S/c1-30-26-21-32(20-25(26)27(33)31(2)28(30)34)18-19-35-29(22-12-6-3-7-13-22,23-14-8-4-9-15-23)24-16-10-5-11-17-24/h3-17,20-21H,18-19H2,1-2H3. The molecule has 0 aliphatic rings. The van der Waals surface area contributed by atoms with Gasteiger partial charge in [-0.15, -0.1) is 11.8 Å². The number of hydrogen-bond acceptors (Lipinski definition) is 3. The molecule has 0 fully saturated rings. The molecule has 0 atom stereocenters. The van der Waals surface area contributed by atoms with E-state index in [0.29, 0.717) is 17.4 Å². The van der Waals surface area contributed by atoms with Gasteiger partial charge in [0.1, 0.15) is 0 Å². The fourth-order valence-electron chi connectivity index (χ4n) is 4.73. The van der Waals surface area contributed by atoms with Gasteiger partial charge in [-0.2, -0.15) is 0 Å². The maximum absolute atomic E-state index is 12.6. The first-order valence-electron chi connectivity index (χ1n) is 11.6. The minimum absolute atomic E-state index is 0.262. The lowest BCUT2D eigenvalue weighted by Crippen LogP contribution is -2.36. The molecule has 0 spiro atoms. The van der Waals surface area contributed by atoms with Gasteiger partial charge in [-0.25, -0.2) is 4.79 Å². The van der Waals surface area contributed by atoms with E-state index in [9.17, 15) is 9.59 Å². The Balaban J connectivity index is 1.56. The predicted molar refractivity (Wildman–Crippen MR) is 144 cm³/mol. The second-order valence-electron chi connectivity index (χ2n) is 8.63. The van der Waals surface area contributed by atoms with Crippen LogP contribution in [0.5, 0.6) is 0 Å². The molecule has 176 valence electrons. The van der Waals surface area contributed by atoms with Gasteiger partial charge in [-0.05, 0) is 16.7 Å². The van der Waals surface area contributed by atoms with Crippen LogP contribution in [-0.4, -0.2) is 19.5 Å². The summed E-state index contributed by atoms with van der Waals surface area (Å²) >= 11 is 1.88. The molecule has 6 heteroatoms. The zero-order valence-corrected chi connectivity index (χ0v) is 20.6. The Morgan fingerprint density at radius 2 is 1.17 bits per heavy atom. The van der Waals surface area contributed by atoms with E-state index in [2.05, 4.69) is 72.8 Å². The molecule has 0 bridgehead atoms. The molecular weight excluding hydrogens is 454 g/mol. The summed E-state index contributed by atoms with van der Waals surface area (Å²) in [5.41, 5.74) is 3.74. The van der Waals surface area contributed by atoms with Gasteiger partial charge in [-0.1, -0.05) is 91.0 Å². The minimum atomic E-state index is -0.390. The van der Waals surface area contributed by atoms with Crippen LogP contribution in [-0.2, 0) is 25.4 Å². The summed E-state index contributed by atoms with van der Waals surface area (Å²) in [4.78, 5) is 25.0. The van der Waals surface area contributed by atoms with Crippen LogP contribution < -0.4 is 11.2 Å². The van der Waals surface area contributed by atoms with E-state index in [1.165, 1.54) is 28.3 Å². The molecule has 5 nitrogen and oxygen atoms in total. The number of thioether (sulfide) groups is 1. The molecular formula is C29H27N3O2S. The smallest absolute Gasteiger partial charge is 0.330 e. The molecule has 0 saturated heterocycles. The summed E-state index contributed by atoms with van der Waals surface area (Å²) in [6.07, 6.45) is 3.75. The molecule has 0 radical (unpaired) electrons. The highest BCUT2D eigenvalue weighted by Gasteiger charge is 2.36. The molecule has 2 aromatic heterocycles. The van der Waals surface area contributed by atoms with E-state index < -0.39 is 0 Å². The summed E-state index contributed by atoms with van der Waals surface area (Å²) in [5, 5.41) is 0.556. The van der Waals surface area contributed by atoms with Crippen molar-refractivity contribution in [2.45, 2.75) is 11.3 Å². The second-order valence-corrected chi connectivity index (χ2v) is 9.94. The topological polar surface area (TPSA) is 48.9 Å². The SMILES string of the molecule is Cn1c(=O)c2cn(CCSC(c3ccccc3)(c3ccccc3)c3ccccc3)cc2n(C)c1=O. The van der Waals surface area contributed by atoms with Crippen molar-refractivity contribution in [3.05, 3.63) is 141 Å². The Morgan fingerprint density at radius 1 is 0.686 bits per heavy atom. The van der Waals surface area contributed by atoms with E-state index in [1.54, 1.807) is 7.05 Å². The van der Waals surface area contributed by atoms with E-state index in [-0.39, 0.29) is 16.0 Å². The van der Waals surface area contributed by atoms with Gasteiger partial charge in [-0.3, -0.25) is 13.9 Å². The van der Waals surface area contributed by atoms with Crippen LogP contribution in [0.2, 0.25) is 0 Å². The molecule has 0 N–H and O–H groups in total. The third-order valence-corrected chi connectivity index (χ3v) is 8.07. The van der Waals surface area contributed by atoms with Crippen LogP contribution >= 0.6 is 11.8 Å². The Kier molecular flexibility index (Phi) is 6.22. The minimum Gasteiger partial charge on any atom is -0.350 e. The number of benzene rings is 3. The molecule has 2 heterocycles. The van der Waals surface area contributed by atoms with Crippen molar-refractivity contribution in [3.63, 3.8) is 0 Å². The van der Waals surface area contributed by atoms with Crippen LogP contribution in [0, 0.1) is 0 Å². The largest absolute Gasteiger partial charge is 0.350 e. The first-order chi connectivity index (χ1) is 17.0. The van der Waals surface area contributed by atoms with Crippen molar-refractivity contribution in [2.75, 3.05) is 5.75 Å². The van der Waals surface area contributed by atoms with Crippen LogP contribution in [0.3, 0.4) is 0 Å². The second kappa shape index (κ2) is 9.47. The normalized spacial score (nSPS) is 11.7. The quantitative estimate of drug-likeness (QED) is 0.315. The molecule has 0 unspecified atom stereocenters. The number of fused-ring (bicyclic) bond motifs is 1. The highest BCUT2D eigenvalue weighted by molar-refractivity contribution is 8.00. The number of aromatic nitrogens is 3. The molecule has 5 aromatic rings. The summed E-state index contributed by atoms with van der Waals surface area (Å²) in [6.45, 7) is 0.699. The molecule has 0 aliphatic carbocycles. The number of rotatable bonds is 7. The first kappa shape index (κ1) is 23.0. The maximum atomic E-state index is 12.6. The zero-order valence-electron chi connectivity index (χ0n) is 19.8. The zero-order chi connectivity index (χ0) is 24.4. The Morgan fingerprint density at radius 3 is 1.66 bits per heavy atom. The van der Waals surface area contributed by atoms with Gasteiger partial charge in [0.2, 0.25) is 0 Å². The van der Waals surface area contributed by atoms with Gasteiger partial charge in [0, 0.05) is 38.8 Å². The summed E-state index contributed by atoms with van der Waals surface area (Å²) in [5.74, 6) is 0.800. The van der Waals surface area contributed by atoms with Crippen LogP contribution in [0.25, 0.3) is 10.9 Å². The van der Waals surface area contributed by atoms with Gasteiger partial charge in [0.15, 0.2) is 0 Å². The van der Waals surface area contributed by atoms with Gasteiger partial charge < -0.3 is 4.57 Å². The molecule has 35 heavy (non-hydrogen) atoms. The number of nitrogens with zero attached hydrogens (tertiary/aromatic N) is 3. The number of hydrogen-bond donors (Lipinski definition) is 0. The van der Waals surface area contributed by atoms with Crippen molar-refractivity contribution >= 4 is 22.7 Å². The van der Waals surface area contributed by atoms with Crippen LogP contribution in [0.4, 0.5) is 0 Å². The van der Waals surface area contributed by atoms with Crippen molar-refractivity contribution < 1.29 is 0 Å². The third kappa shape index (κ3) is 4.04. The van der Waals surface area contributed by atoms with Crippen molar-refractivity contribution in [2.24, 2.45) is 14.1 Å². The molecule has 5 rings (SSSR count). The highest BCUT2D eigenvalue weighted by Crippen LogP contribution is 2.48. The van der Waals surface area contributed by atoms with E-state index in [1.807, 2.05) is 46.9 Å². The molecule has 0 amide bonds. The predicted octanol–water partition coefficient (Wildman–Crippen LogP) is 4.76. The van der Waals surface area contributed by atoms with E-state index in [0.717, 1.165) is 10.3 Å². The summed E-state index contributed by atoms with van der Waals surface area (Å²) in [6, 6.07) is 31.8. The van der Waals surface area contributed by atoms with Crippen LogP contribution in [0.1, 0.15) is 16.7 Å². The fourth-order valence-corrected chi connectivity index (χ4v) is 6.24. The lowest BCUT2D eigenvalue weighted by atomic mass is 9.84. The van der Waals surface area contributed by atoms with E-state index >= 15 is 0 Å². The third-order valence-electron chi connectivity index (χ3n) is 6.54. The van der Waals surface area contributed by atoms with Crippen molar-refractivity contribution in [1.29, 1.82) is 0 Å².